The van der Waals surface area contributed by atoms with Crippen LogP contribution < -0.4 is 11.3 Å². The molecule has 16 heavy (non-hydrogen) atoms. The molecule has 2 nitrogen and oxygen atoms in total. The van der Waals surface area contributed by atoms with Gasteiger partial charge < -0.3 is 0 Å². The SMILES string of the molecule is CCCC(C)C(NN)c1cccc(C)c1I. The molecule has 3 N–H and O–H groups in total. The Morgan fingerprint density at radius 3 is 2.69 bits per heavy atom. The number of hydrazine groups is 1. The van der Waals surface area contributed by atoms with Crippen molar-refractivity contribution in [2.75, 3.05) is 0 Å². The molecule has 0 heterocycles. The van der Waals surface area contributed by atoms with Crippen molar-refractivity contribution in [3.05, 3.63) is 32.9 Å². The monoisotopic (exact) mass is 332 g/mol. The minimum absolute atomic E-state index is 0.256. The summed E-state index contributed by atoms with van der Waals surface area (Å²) in [5.74, 6) is 6.26. The summed E-state index contributed by atoms with van der Waals surface area (Å²) in [5.41, 5.74) is 5.61. The maximum atomic E-state index is 5.70. The van der Waals surface area contributed by atoms with Gasteiger partial charge in [-0.2, -0.15) is 0 Å². The molecule has 90 valence electrons. The second-order valence-electron chi connectivity index (χ2n) is 4.39. The number of nitrogens with two attached hydrogens (primary N) is 1. The minimum atomic E-state index is 0.256. The van der Waals surface area contributed by atoms with E-state index in [4.69, 9.17) is 5.84 Å². The third kappa shape index (κ3) is 3.18. The predicted octanol–water partition coefficient (Wildman–Crippen LogP) is 3.54. The molecule has 1 aromatic rings. The molecule has 0 amide bonds. The highest BCUT2D eigenvalue weighted by Crippen LogP contribution is 2.29. The molecule has 1 aromatic carbocycles. The van der Waals surface area contributed by atoms with Crippen LogP contribution in [0.15, 0.2) is 18.2 Å². The summed E-state index contributed by atoms with van der Waals surface area (Å²) < 4.78 is 1.33. The molecular weight excluding hydrogens is 311 g/mol. The highest BCUT2D eigenvalue weighted by molar-refractivity contribution is 14.1. The zero-order valence-electron chi connectivity index (χ0n) is 10.3. The molecule has 0 saturated heterocycles. The average Bonchev–Trinajstić information content (AvgIpc) is 2.25. The van der Waals surface area contributed by atoms with Crippen LogP contribution in [0.1, 0.15) is 43.9 Å². The molecular formula is C13H21IN2. The van der Waals surface area contributed by atoms with Crippen molar-refractivity contribution in [2.45, 2.75) is 39.7 Å². The van der Waals surface area contributed by atoms with Gasteiger partial charge in [-0.1, -0.05) is 38.5 Å². The summed E-state index contributed by atoms with van der Waals surface area (Å²) in [7, 11) is 0. The first-order valence-corrected chi connectivity index (χ1v) is 6.90. The van der Waals surface area contributed by atoms with Crippen molar-refractivity contribution in [1.82, 2.24) is 5.43 Å². The molecule has 2 unspecified atom stereocenters. The average molecular weight is 332 g/mol. The molecule has 0 aromatic heterocycles. The van der Waals surface area contributed by atoms with Crippen LogP contribution in [0.5, 0.6) is 0 Å². The van der Waals surface area contributed by atoms with Crippen molar-refractivity contribution >= 4 is 22.6 Å². The highest BCUT2D eigenvalue weighted by Gasteiger charge is 2.19. The lowest BCUT2D eigenvalue weighted by atomic mass is 9.91. The molecule has 0 fully saturated rings. The molecule has 0 aliphatic rings. The number of hydrogen-bond acceptors (Lipinski definition) is 2. The van der Waals surface area contributed by atoms with E-state index in [2.05, 4.69) is 67.0 Å². The van der Waals surface area contributed by atoms with Gasteiger partial charge in [-0.05, 0) is 53.0 Å². The fourth-order valence-corrected chi connectivity index (χ4v) is 2.79. The second-order valence-corrected chi connectivity index (χ2v) is 5.47. The lowest BCUT2D eigenvalue weighted by Gasteiger charge is -2.25. The van der Waals surface area contributed by atoms with Crippen LogP contribution >= 0.6 is 22.6 Å². The molecule has 0 radical (unpaired) electrons. The second kappa shape index (κ2) is 6.57. The van der Waals surface area contributed by atoms with Crippen molar-refractivity contribution in [3.63, 3.8) is 0 Å². The van der Waals surface area contributed by atoms with Crippen LogP contribution in [0.25, 0.3) is 0 Å². The van der Waals surface area contributed by atoms with Crippen LogP contribution in [-0.4, -0.2) is 0 Å². The van der Waals surface area contributed by atoms with E-state index in [1.807, 2.05) is 0 Å². The molecule has 3 heteroatoms. The molecule has 1 rings (SSSR count). The number of hydrogen-bond donors (Lipinski definition) is 2. The molecule has 0 aliphatic carbocycles. The fourth-order valence-electron chi connectivity index (χ4n) is 2.09. The van der Waals surface area contributed by atoms with Crippen molar-refractivity contribution in [2.24, 2.45) is 11.8 Å². The number of benzene rings is 1. The number of rotatable bonds is 5. The van der Waals surface area contributed by atoms with Gasteiger partial charge in [0.25, 0.3) is 0 Å². The third-order valence-electron chi connectivity index (χ3n) is 3.05. The Balaban J connectivity index is 2.99. The van der Waals surface area contributed by atoms with Gasteiger partial charge in [-0.25, -0.2) is 0 Å². The minimum Gasteiger partial charge on any atom is -0.271 e. The number of nitrogens with one attached hydrogen (secondary N) is 1. The van der Waals surface area contributed by atoms with Gasteiger partial charge in [0.1, 0.15) is 0 Å². The zero-order chi connectivity index (χ0) is 12.1. The zero-order valence-corrected chi connectivity index (χ0v) is 12.4. The number of aryl methyl sites for hydroxylation is 1. The maximum absolute atomic E-state index is 5.70. The van der Waals surface area contributed by atoms with E-state index in [1.165, 1.54) is 27.5 Å². The fraction of sp³-hybridized carbons (Fsp3) is 0.538. The van der Waals surface area contributed by atoms with E-state index in [-0.39, 0.29) is 6.04 Å². The van der Waals surface area contributed by atoms with E-state index < -0.39 is 0 Å². The van der Waals surface area contributed by atoms with Gasteiger partial charge in [-0.3, -0.25) is 11.3 Å². The van der Waals surface area contributed by atoms with Gasteiger partial charge in [0.05, 0.1) is 0 Å². The Morgan fingerprint density at radius 1 is 1.44 bits per heavy atom. The Hall–Kier alpha value is -0.130. The predicted molar refractivity (Wildman–Crippen MR) is 78.0 cm³/mol. The van der Waals surface area contributed by atoms with Crippen LogP contribution in [0.4, 0.5) is 0 Å². The number of halogens is 1. The molecule has 0 aliphatic heterocycles. The van der Waals surface area contributed by atoms with Gasteiger partial charge in [0, 0.05) is 9.61 Å². The Bertz CT molecular complexity index is 339. The smallest absolute Gasteiger partial charge is 0.0496 e. The van der Waals surface area contributed by atoms with Crippen molar-refractivity contribution in [1.29, 1.82) is 0 Å². The first kappa shape index (κ1) is 13.9. The van der Waals surface area contributed by atoms with E-state index >= 15 is 0 Å². The lowest BCUT2D eigenvalue weighted by molar-refractivity contribution is 0.367. The summed E-state index contributed by atoms with van der Waals surface area (Å²) in [6, 6.07) is 6.68. The standard InChI is InChI=1S/C13H21IN2/c1-4-6-10(3)13(16-15)11-8-5-7-9(2)12(11)14/h5,7-8,10,13,16H,4,6,15H2,1-3H3. The van der Waals surface area contributed by atoms with Gasteiger partial charge >= 0.3 is 0 Å². The van der Waals surface area contributed by atoms with E-state index in [0.29, 0.717) is 5.92 Å². The van der Waals surface area contributed by atoms with Gasteiger partial charge in [0.2, 0.25) is 0 Å². The topological polar surface area (TPSA) is 38.0 Å². The first-order valence-electron chi connectivity index (χ1n) is 5.83. The van der Waals surface area contributed by atoms with Gasteiger partial charge in [-0.15, -0.1) is 0 Å². The normalized spacial score (nSPS) is 14.8. The van der Waals surface area contributed by atoms with Crippen molar-refractivity contribution < 1.29 is 0 Å². The largest absolute Gasteiger partial charge is 0.271 e. The van der Waals surface area contributed by atoms with E-state index in [9.17, 15) is 0 Å². The Morgan fingerprint density at radius 2 is 2.12 bits per heavy atom. The van der Waals surface area contributed by atoms with Gasteiger partial charge in [0.15, 0.2) is 0 Å². The van der Waals surface area contributed by atoms with Crippen LogP contribution in [0.3, 0.4) is 0 Å². The summed E-state index contributed by atoms with van der Waals surface area (Å²) in [5, 5.41) is 0. The third-order valence-corrected chi connectivity index (χ3v) is 4.52. The molecule has 0 saturated carbocycles. The Kier molecular flexibility index (Phi) is 5.72. The molecule has 0 spiro atoms. The quantitative estimate of drug-likeness (QED) is 0.492. The lowest BCUT2D eigenvalue weighted by Crippen LogP contribution is -2.33. The van der Waals surface area contributed by atoms with Crippen molar-refractivity contribution in [3.8, 4) is 0 Å². The van der Waals surface area contributed by atoms with E-state index in [0.717, 1.165) is 0 Å². The molecule has 2 atom stereocenters. The highest BCUT2D eigenvalue weighted by atomic mass is 127. The maximum Gasteiger partial charge on any atom is 0.0496 e. The summed E-state index contributed by atoms with van der Waals surface area (Å²) >= 11 is 2.41. The van der Waals surface area contributed by atoms with Crippen LogP contribution in [0, 0.1) is 16.4 Å². The summed E-state index contributed by atoms with van der Waals surface area (Å²) in [6.45, 7) is 6.61. The first-order chi connectivity index (χ1) is 7.61. The summed E-state index contributed by atoms with van der Waals surface area (Å²) in [4.78, 5) is 0. The van der Waals surface area contributed by atoms with E-state index in [1.54, 1.807) is 0 Å². The van der Waals surface area contributed by atoms with Crippen LogP contribution in [0.2, 0.25) is 0 Å². The Labute approximate surface area is 112 Å². The van der Waals surface area contributed by atoms with Crippen LogP contribution in [-0.2, 0) is 0 Å². The molecule has 0 bridgehead atoms. The summed E-state index contributed by atoms with van der Waals surface area (Å²) in [6.07, 6.45) is 2.39.